The summed E-state index contributed by atoms with van der Waals surface area (Å²) < 4.78 is 26.9. The lowest BCUT2D eigenvalue weighted by molar-refractivity contribution is -0.147. The number of amides is 1. The van der Waals surface area contributed by atoms with E-state index in [1.807, 2.05) is 0 Å². The maximum absolute atomic E-state index is 12.1. The number of allylic oxidation sites excluding steroid dienone is 10. The minimum atomic E-state index is -4.42. The third-order valence-corrected chi connectivity index (χ3v) is 10.4. The number of hydrogen-bond acceptors (Lipinski definition) is 7. The van der Waals surface area contributed by atoms with Crippen molar-refractivity contribution in [2.45, 2.75) is 200 Å². The molecular formula is C47H84NO8P. The number of esters is 1. The molecule has 0 rings (SSSR count). The lowest BCUT2D eigenvalue weighted by Crippen LogP contribution is -2.27. The number of ether oxygens (including phenoxy) is 1. The molecule has 0 bridgehead atoms. The van der Waals surface area contributed by atoms with Gasteiger partial charge in [-0.1, -0.05) is 158 Å². The van der Waals surface area contributed by atoms with Crippen LogP contribution in [0.25, 0.3) is 0 Å². The maximum atomic E-state index is 12.1. The average molecular weight is 822 g/mol. The second-order valence-corrected chi connectivity index (χ2v) is 16.5. The number of hydrogen-bond donors (Lipinski definition) is 3. The Bertz CT molecular complexity index is 1120. The molecule has 0 radical (unpaired) electrons. The SMILES string of the molecule is CCCCC/C=C\C/C=C\C/C=C\C/C=C\CCCCCCCCCC(=O)NCCOP(=O)(O)OCC(O)COC(=O)CCCCCCC/C=C\CCCCCC. The monoisotopic (exact) mass is 822 g/mol. The van der Waals surface area contributed by atoms with Crippen LogP contribution in [0.4, 0.5) is 0 Å². The highest BCUT2D eigenvalue weighted by atomic mass is 31.2. The van der Waals surface area contributed by atoms with Crippen molar-refractivity contribution in [3.8, 4) is 0 Å². The Labute approximate surface area is 348 Å². The number of unbranched alkanes of at least 4 members (excludes halogenated alkanes) is 19. The molecule has 0 heterocycles. The molecule has 1 amide bonds. The molecule has 330 valence electrons. The molecule has 2 unspecified atom stereocenters. The van der Waals surface area contributed by atoms with Crippen molar-refractivity contribution < 1.29 is 37.9 Å². The van der Waals surface area contributed by atoms with Gasteiger partial charge in [0.05, 0.1) is 13.2 Å². The van der Waals surface area contributed by atoms with E-state index in [1.54, 1.807) is 0 Å². The molecule has 10 heteroatoms. The van der Waals surface area contributed by atoms with Crippen LogP contribution in [0, 0.1) is 0 Å². The first kappa shape index (κ1) is 54.7. The molecule has 0 aromatic carbocycles. The quantitative estimate of drug-likeness (QED) is 0.0240. The third kappa shape index (κ3) is 44.7. The topological polar surface area (TPSA) is 131 Å². The Hall–Kier alpha value is -2.29. The fraction of sp³-hybridized carbons (Fsp3) is 0.745. The summed E-state index contributed by atoms with van der Waals surface area (Å²) in [5.41, 5.74) is 0. The Morgan fingerprint density at radius 3 is 1.47 bits per heavy atom. The molecule has 0 aliphatic rings. The number of nitrogens with one attached hydrogen (secondary N) is 1. The summed E-state index contributed by atoms with van der Waals surface area (Å²) >= 11 is 0. The number of phosphoric ester groups is 1. The van der Waals surface area contributed by atoms with E-state index in [1.165, 1.54) is 83.5 Å². The fourth-order valence-electron chi connectivity index (χ4n) is 5.95. The van der Waals surface area contributed by atoms with Crippen LogP contribution in [0.5, 0.6) is 0 Å². The van der Waals surface area contributed by atoms with Crippen molar-refractivity contribution in [3.05, 3.63) is 60.8 Å². The minimum absolute atomic E-state index is 0.0720. The summed E-state index contributed by atoms with van der Waals surface area (Å²) in [6.07, 6.45) is 51.5. The van der Waals surface area contributed by atoms with Crippen LogP contribution in [-0.2, 0) is 27.9 Å². The largest absolute Gasteiger partial charge is 0.472 e. The molecule has 0 aliphatic heterocycles. The molecule has 2 atom stereocenters. The Balaban J connectivity index is 3.63. The highest BCUT2D eigenvalue weighted by Crippen LogP contribution is 2.42. The summed E-state index contributed by atoms with van der Waals surface area (Å²) in [5.74, 6) is -0.538. The highest BCUT2D eigenvalue weighted by Gasteiger charge is 2.23. The second kappa shape index (κ2) is 43.3. The molecule has 3 N–H and O–H groups in total. The van der Waals surface area contributed by atoms with E-state index in [2.05, 4.69) is 79.9 Å². The second-order valence-electron chi connectivity index (χ2n) is 15.0. The molecule has 0 aromatic heterocycles. The van der Waals surface area contributed by atoms with E-state index >= 15 is 0 Å². The number of rotatable bonds is 42. The maximum Gasteiger partial charge on any atom is 0.472 e. The first-order chi connectivity index (χ1) is 27.8. The van der Waals surface area contributed by atoms with E-state index in [9.17, 15) is 24.2 Å². The van der Waals surface area contributed by atoms with Gasteiger partial charge in [0.2, 0.25) is 5.91 Å². The first-order valence-corrected chi connectivity index (χ1v) is 24.3. The van der Waals surface area contributed by atoms with Crippen LogP contribution in [0.2, 0.25) is 0 Å². The zero-order valence-corrected chi connectivity index (χ0v) is 37.2. The van der Waals surface area contributed by atoms with Gasteiger partial charge >= 0.3 is 13.8 Å². The van der Waals surface area contributed by atoms with E-state index in [4.69, 9.17) is 13.8 Å². The lowest BCUT2D eigenvalue weighted by Gasteiger charge is -2.15. The predicted octanol–water partition coefficient (Wildman–Crippen LogP) is 12.9. The van der Waals surface area contributed by atoms with Crippen molar-refractivity contribution >= 4 is 19.7 Å². The van der Waals surface area contributed by atoms with Gasteiger partial charge in [-0.2, -0.15) is 0 Å². The zero-order chi connectivity index (χ0) is 41.8. The van der Waals surface area contributed by atoms with Crippen LogP contribution in [-0.4, -0.2) is 54.3 Å². The van der Waals surface area contributed by atoms with Crippen LogP contribution < -0.4 is 5.32 Å². The first-order valence-electron chi connectivity index (χ1n) is 22.8. The molecule has 57 heavy (non-hydrogen) atoms. The van der Waals surface area contributed by atoms with Crippen molar-refractivity contribution in [1.82, 2.24) is 5.32 Å². The van der Waals surface area contributed by atoms with Crippen LogP contribution in [0.3, 0.4) is 0 Å². The van der Waals surface area contributed by atoms with Gasteiger partial charge in [-0.3, -0.25) is 18.6 Å². The normalized spacial score (nSPS) is 13.8. The van der Waals surface area contributed by atoms with Gasteiger partial charge in [0, 0.05) is 19.4 Å². The number of phosphoric acid groups is 1. The summed E-state index contributed by atoms with van der Waals surface area (Å²) in [6, 6.07) is 0. The summed E-state index contributed by atoms with van der Waals surface area (Å²) in [6.45, 7) is 3.48. The molecule has 0 aromatic rings. The summed E-state index contributed by atoms with van der Waals surface area (Å²) in [7, 11) is -4.42. The van der Waals surface area contributed by atoms with Gasteiger partial charge < -0.3 is 20.1 Å². The van der Waals surface area contributed by atoms with E-state index < -0.39 is 26.5 Å². The third-order valence-electron chi connectivity index (χ3n) is 9.42. The summed E-state index contributed by atoms with van der Waals surface area (Å²) in [5, 5.41) is 12.7. The van der Waals surface area contributed by atoms with Gasteiger partial charge in [0.15, 0.2) is 0 Å². The minimum Gasteiger partial charge on any atom is -0.463 e. The number of aliphatic hydroxyl groups is 1. The van der Waals surface area contributed by atoms with E-state index in [0.717, 1.165) is 83.5 Å². The molecule has 0 saturated heterocycles. The molecule has 0 fully saturated rings. The van der Waals surface area contributed by atoms with Gasteiger partial charge in [-0.15, -0.1) is 0 Å². The van der Waals surface area contributed by atoms with Crippen LogP contribution in [0.15, 0.2) is 60.8 Å². The number of aliphatic hydroxyl groups excluding tert-OH is 1. The fourth-order valence-corrected chi connectivity index (χ4v) is 6.70. The summed E-state index contributed by atoms with van der Waals surface area (Å²) in [4.78, 5) is 33.9. The van der Waals surface area contributed by atoms with Gasteiger partial charge in [0.25, 0.3) is 0 Å². The van der Waals surface area contributed by atoms with Crippen molar-refractivity contribution in [1.29, 1.82) is 0 Å². The van der Waals surface area contributed by atoms with Crippen molar-refractivity contribution in [2.75, 3.05) is 26.4 Å². The van der Waals surface area contributed by atoms with Crippen molar-refractivity contribution in [3.63, 3.8) is 0 Å². The Kier molecular flexibility index (Phi) is 41.6. The highest BCUT2D eigenvalue weighted by molar-refractivity contribution is 7.47. The molecule has 0 spiro atoms. The molecule has 9 nitrogen and oxygen atoms in total. The Morgan fingerprint density at radius 1 is 0.544 bits per heavy atom. The van der Waals surface area contributed by atoms with Crippen LogP contribution >= 0.6 is 7.82 Å². The van der Waals surface area contributed by atoms with Crippen LogP contribution in [0.1, 0.15) is 194 Å². The predicted molar refractivity (Wildman–Crippen MR) is 238 cm³/mol. The smallest absolute Gasteiger partial charge is 0.463 e. The van der Waals surface area contributed by atoms with Gasteiger partial charge in [-0.25, -0.2) is 4.57 Å². The van der Waals surface area contributed by atoms with Crippen molar-refractivity contribution in [2.24, 2.45) is 0 Å². The van der Waals surface area contributed by atoms with E-state index in [0.29, 0.717) is 6.42 Å². The molecule has 0 saturated carbocycles. The zero-order valence-electron chi connectivity index (χ0n) is 36.3. The molecular weight excluding hydrogens is 737 g/mol. The van der Waals surface area contributed by atoms with E-state index in [-0.39, 0.29) is 32.1 Å². The number of carbonyl (C=O) groups is 2. The average Bonchev–Trinajstić information content (AvgIpc) is 3.20. The van der Waals surface area contributed by atoms with Gasteiger partial charge in [0.1, 0.15) is 12.7 Å². The van der Waals surface area contributed by atoms with Gasteiger partial charge in [-0.05, 0) is 83.5 Å². The Morgan fingerprint density at radius 2 is 0.947 bits per heavy atom. The standard InChI is InChI=1S/C47H84NO8P/c1-3-5-7-9-11-13-15-17-18-19-20-21-22-23-24-25-26-28-29-31-33-35-37-39-46(50)48-41-42-55-57(52,53)56-44-45(49)43-54-47(51)40-38-36-34-32-30-27-16-14-12-10-8-6-4-2/h11,13-14,16-18,20-21,23-24,45,49H,3-10,12,15,19,22,25-44H2,1-2H3,(H,48,50)(H,52,53)/b13-11-,16-14-,18-17-,21-20-,24-23-. The number of carbonyl (C=O) groups excluding carboxylic acids is 2. The molecule has 0 aliphatic carbocycles. The lowest BCUT2D eigenvalue weighted by atomic mass is 10.1.